The van der Waals surface area contributed by atoms with Gasteiger partial charge >= 0.3 is 0 Å². The Morgan fingerprint density at radius 2 is 1.56 bits per heavy atom. The largest absolute Gasteiger partial charge is 0.382 e. The second kappa shape index (κ2) is 4.85. The van der Waals surface area contributed by atoms with E-state index in [4.69, 9.17) is 0 Å². The molecule has 0 aromatic heterocycles. The molecule has 0 atom stereocenters. The first-order valence-electron chi connectivity index (χ1n) is 6.69. The molecular weight excluding hydrogens is 218 g/mol. The van der Waals surface area contributed by atoms with E-state index in [9.17, 15) is 0 Å². The second-order valence-electron chi connectivity index (χ2n) is 5.29. The van der Waals surface area contributed by atoms with Crippen molar-refractivity contribution in [1.82, 2.24) is 0 Å². The third kappa shape index (κ3) is 2.40. The topological polar surface area (TPSA) is 12.0 Å². The van der Waals surface area contributed by atoms with Crippen LogP contribution in [0.25, 0.3) is 0 Å². The molecule has 0 heterocycles. The first-order valence-corrected chi connectivity index (χ1v) is 6.69. The molecule has 3 rings (SSSR count). The van der Waals surface area contributed by atoms with Crippen LogP contribution in [0.5, 0.6) is 0 Å². The highest BCUT2D eigenvalue weighted by Crippen LogP contribution is 2.38. The van der Waals surface area contributed by atoms with Crippen LogP contribution < -0.4 is 5.32 Å². The van der Waals surface area contributed by atoms with E-state index >= 15 is 0 Å². The minimum atomic E-state index is 0.638. The summed E-state index contributed by atoms with van der Waals surface area (Å²) in [4.78, 5) is 0. The van der Waals surface area contributed by atoms with Crippen molar-refractivity contribution in [2.45, 2.75) is 31.7 Å². The van der Waals surface area contributed by atoms with Crippen LogP contribution in [0.1, 0.15) is 29.9 Å². The number of nitrogens with one attached hydrogen (secondary N) is 1. The smallest absolute Gasteiger partial charge is 0.0342 e. The van der Waals surface area contributed by atoms with E-state index in [1.807, 2.05) is 0 Å². The highest BCUT2D eigenvalue weighted by atomic mass is 14.9. The number of anilines is 1. The molecule has 18 heavy (non-hydrogen) atoms. The lowest BCUT2D eigenvalue weighted by Crippen LogP contribution is -2.33. The zero-order valence-corrected chi connectivity index (χ0v) is 10.8. The lowest BCUT2D eigenvalue weighted by atomic mass is 9.75. The monoisotopic (exact) mass is 237 g/mol. The summed E-state index contributed by atoms with van der Waals surface area (Å²) in [5.74, 6) is 0.742. The molecule has 1 aliphatic carbocycles. The van der Waals surface area contributed by atoms with Gasteiger partial charge in [-0.05, 0) is 43.4 Å². The van der Waals surface area contributed by atoms with Crippen molar-refractivity contribution in [2.75, 3.05) is 5.32 Å². The number of hydrogen-bond acceptors (Lipinski definition) is 1. The predicted octanol–water partition coefficient (Wildman–Crippen LogP) is 4.35. The van der Waals surface area contributed by atoms with E-state index in [0.717, 1.165) is 5.92 Å². The average molecular weight is 237 g/mol. The Bertz CT molecular complexity index is 495. The average Bonchev–Trinajstić information content (AvgIpc) is 2.36. The highest BCUT2D eigenvalue weighted by Gasteiger charge is 2.29. The Morgan fingerprint density at radius 1 is 0.889 bits per heavy atom. The van der Waals surface area contributed by atoms with Crippen molar-refractivity contribution in [1.29, 1.82) is 0 Å². The molecule has 0 unspecified atom stereocenters. The van der Waals surface area contributed by atoms with Gasteiger partial charge in [0, 0.05) is 11.7 Å². The van der Waals surface area contributed by atoms with Crippen LogP contribution in [-0.4, -0.2) is 6.04 Å². The maximum atomic E-state index is 3.59. The van der Waals surface area contributed by atoms with Crippen molar-refractivity contribution < 1.29 is 0 Å². The fraction of sp³-hybridized carbons (Fsp3) is 0.294. The zero-order valence-electron chi connectivity index (χ0n) is 10.8. The lowest BCUT2D eigenvalue weighted by Gasteiger charge is -2.37. The van der Waals surface area contributed by atoms with Crippen molar-refractivity contribution >= 4 is 5.69 Å². The van der Waals surface area contributed by atoms with Gasteiger partial charge in [-0.25, -0.2) is 0 Å². The Balaban J connectivity index is 1.56. The van der Waals surface area contributed by atoms with Gasteiger partial charge in [-0.1, -0.05) is 48.0 Å². The van der Waals surface area contributed by atoms with Crippen LogP contribution in [0.15, 0.2) is 54.6 Å². The van der Waals surface area contributed by atoms with Crippen LogP contribution in [0, 0.1) is 6.92 Å². The zero-order chi connectivity index (χ0) is 12.4. The van der Waals surface area contributed by atoms with Gasteiger partial charge in [0.05, 0.1) is 0 Å². The second-order valence-corrected chi connectivity index (χ2v) is 5.29. The van der Waals surface area contributed by atoms with Crippen molar-refractivity contribution in [2.24, 2.45) is 0 Å². The third-order valence-electron chi connectivity index (χ3n) is 3.83. The van der Waals surface area contributed by atoms with E-state index in [2.05, 4.69) is 66.8 Å². The van der Waals surface area contributed by atoms with Crippen molar-refractivity contribution in [3.8, 4) is 0 Å². The minimum absolute atomic E-state index is 0.638. The molecule has 2 aromatic rings. The number of rotatable bonds is 3. The minimum Gasteiger partial charge on any atom is -0.382 e. The van der Waals surface area contributed by atoms with Gasteiger partial charge in [0.25, 0.3) is 0 Å². The van der Waals surface area contributed by atoms with Gasteiger partial charge in [-0.3, -0.25) is 0 Å². The van der Waals surface area contributed by atoms with E-state index < -0.39 is 0 Å². The summed E-state index contributed by atoms with van der Waals surface area (Å²) in [6.07, 6.45) is 2.50. The molecule has 0 amide bonds. The Labute approximate surface area is 109 Å². The molecule has 1 saturated carbocycles. The Hall–Kier alpha value is -1.76. The fourth-order valence-electron chi connectivity index (χ4n) is 2.62. The van der Waals surface area contributed by atoms with E-state index in [0.29, 0.717) is 6.04 Å². The maximum Gasteiger partial charge on any atom is 0.0342 e. The predicted molar refractivity (Wildman–Crippen MR) is 77.0 cm³/mol. The molecule has 1 N–H and O–H groups in total. The van der Waals surface area contributed by atoms with E-state index in [1.54, 1.807) is 0 Å². The summed E-state index contributed by atoms with van der Waals surface area (Å²) in [6, 6.07) is 20.1. The van der Waals surface area contributed by atoms with Crippen LogP contribution in [0.3, 0.4) is 0 Å². The maximum absolute atomic E-state index is 3.59. The first-order chi connectivity index (χ1) is 8.81. The van der Waals surface area contributed by atoms with Crippen LogP contribution >= 0.6 is 0 Å². The van der Waals surface area contributed by atoms with Gasteiger partial charge in [0.1, 0.15) is 0 Å². The number of hydrogen-bond donors (Lipinski definition) is 1. The molecule has 1 heteroatoms. The molecular formula is C17H19N. The number of aryl methyl sites for hydroxylation is 1. The summed E-state index contributed by atoms with van der Waals surface area (Å²) in [5.41, 5.74) is 4.08. The Kier molecular flexibility index (Phi) is 3.06. The first kappa shape index (κ1) is 11.3. The van der Waals surface area contributed by atoms with Gasteiger partial charge in [0.15, 0.2) is 0 Å². The summed E-state index contributed by atoms with van der Waals surface area (Å²) in [5, 5.41) is 3.59. The van der Waals surface area contributed by atoms with Gasteiger partial charge in [-0.15, -0.1) is 0 Å². The van der Waals surface area contributed by atoms with Crippen molar-refractivity contribution in [3.05, 3.63) is 65.7 Å². The van der Waals surface area contributed by atoms with Crippen LogP contribution in [0.4, 0.5) is 5.69 Å². The molecule has 0 bridgehead atoms. The molecule has 1 fully saturated rings. The lowest BCUT2D eigenvalue weighted by molar-refractivity contribution is 0.374. The van der Waals surface area contributed by atoms with Gasteiger partial charge in [-0.2, -0.15) is 0 Å². The Morgan fingerprint density at radius 3 is 2.22 bits per heavy atom. The molecule has 92 valence electrons. The molecule has 0 saturated heterocycles. The van der Waals surface area contributed by atoms with Gasteiger partial charge < -0.3 is 5.32 Å². The summed E-state index contributed by atoms with van der Waals surface area (Å²) in [7, 11) is 0. The number of para-hydroxylation sites is 1. The molecule has 1 nitrogen and oxygen atoms in total. The van der Waals surface area contributed by atoms with E-state index in [-0.39, 0.29) is 0 Å². The molecule has 0 aliphatic heterocycles. The van der Waals surface area contributed by atoms with Gasteiger partial charge in [0.2, 0.25) is 0 Å². The highest BCUT2D eigenvalue weighted by molar-refractivity contribution is 5.44. The van der Waals surface area contributed by atoms with Crippen LogP contribution in [0.2, 0.25) is 0 Å². The fourth-order valence-corrected chi connectivity index (χ4v) is 2.62. The molecule has 0 radical (unpaired) electrons. The van der Waals surface area contributed by atoms with Crippen molar-refractivity contribution in [3.63, 3.8) is 0 Å². The normalized spacial score (nSPS) is 22.3. The molecule has 0 spiro atoms. The summed E-state index contributed by atoms with van der Waals surface area (Å²) < 4.78 is 0. The number of benzene rings is 2. The van der Waals surface area contributed by atoms with Crippen LogP contribution in [-0.2, 0) is 0 Å². The summed E-state index contributed by atoms with van der Waals surface area (Å²) in [6.45, 7) is 2.14. The quantitative estimate of drug-likeness (QED) is 0.836. The molecule has 1 aliphatic rings. The standard InChI is InChI=1S/C17H19N/c1-13-7-9-14(10-8-13)15-11-17(12-15)18-16-5-3-2-4-6-16/h2-10,15,17-18H,11-12H2,1H3. The summed E-state index contributed by atoms with van der Waals surface area (Å²) >= 11 is 0. The SMILES string of the molecule is Cc1ccc(C2CC(Nc3ccccc3)C2)cc1. The van der Waals surface area contributed by atoms with E-state index in [1.165, 1.54) is 29.7 Å². The molecule has 2 aromatic carbocycles. The third-order valence-corrected chi connectivity index (χ3v) is 3.83.